The van der Waals surface area contributed by atoms with Crippen LogP contribution in [0.15, 0.2) is 42.5 Å². The summed E-state index contributed by atoms with van der Waals surface area (Å²) < 4.78 is 16.2. The Kier molecular flexibility index (Phi) is 4.71. The van der Waals surface area contributed by atoms with Gasteiger partial charge in [-0.2, -0.15) is 0 Å². The van der Waals surface area contributed by atoms with E-state index in [-0.39, 0.29) is 0 Å². The number of anilines is 1. The van der Waals surface area contributed by atoms with Crippen LogP contribution in [0.1, 0.15) is 5.56 Å². The highest BCUT2D eigenvalue weighted by molar-refractivity contribution is 5.54. The Morgan fingerprint density at radius 1 is 0.900 bits per heavy atom. The summed E-state index contributed by atoms with van der Waals surface area (Å²) in [7, 11) is 5.15. The maximum atomic E-state index is 5.79. The molecule has 0 bridgehead atoms. The first-order valence-corrected chi connectivity index (χ1v) is 6.38. The van der Waals surface area contributed by atoms with E-state index in [0.717, 1.165) is 22.7 Å². The molecule has 0 spiro atoms. The number of hydrogen-bond donors (Lipinski definition) is 1. The molecule has 0 heterocycles. The minimum absolute atomic E-state index is 0.485. The lowest BCUT2D eigenvalue weighted by Gasteiger charge is -2.12. The SMILES string of the molecule is CNc1ccc(OCc2ccc(OC)cc2)c(OC)c1. The molecule has 2 rings (SSSR count). The molecule has 0 radical (unpaired) electrons. The minimum Gasteiger partial charge on any atom is -0.497 e. The van der Waals surface area contributed by atoms with Crippen molar-refractivity contribution in [2.75, 3.05) is 26.6 Å². The van der Waals surface area contributed by atoms with Gasteiger partial charge in [0.15, 0.2) is 11.5 Å². The molecule has 0 unspecified atom stereocenters. The fourth-order valence-corrected chi connectivity index (χ4v) is 1.83. The van der Waals surface area contributed by atoms with Gasteiger partial charge < -0.3 is 19.5 Å². The van der Waals surface area contributed by atoms with E-state index in [0.29, 0.717) is 12.4 Å². The zero-order valence-electron chi connectivity index (χ0n) is 12.0. The molecule has 106 valence electrons. The third-order valence-electron chi connectivity index (χ3n) is 3.01. The summed E-state index contributed by atoms with van der Waals surface area (Å²) in [6, 6.07) is 13.5. The van der Waals surface area contributed by atoms with Gasteiger partial charge in [0.1, 0.15) is 12.4 Å². The Morgan fingerprint density at radius 2 is 1.65 bits per heavy atom. The van der Waals surface area contributed by atoms with Gasteiger partial charge in [-0.05, 0) is 29.8 Å². The van der Waals surface area contributed by atoms with Crippen molar-refractivity contribution in [1.82, 2.24) is 0 Å². The van der Waals surface area contributed by atoms with E-state index in [4.69, 9.17) is 14.2 Å². The minimum atomic E-state index is 0.485. The highest BCUT2D eigenvalue weighted by atomic mass is 16.5. The van der Waals surface area contributed by atoms with Crippen LogP contribution in [-0.2, 0) is 6.61 Å². The molecule has 2 aromatic carbocycles. The molecule has 0 aliphatic carbocycles. The maximum absolute atomic E-state index is 5.79. The molecule has 0 fully saturated rings. The van der Waals surface area contributed by atoms with E-state index in [1.54, 1.807) is 14.2 Å². The van der Waals surface area contributed by atoms with Crippen molar-refractivity contribution in [3.63, 3.8) is 0 Å². The average molecular weight is 273 g/mol. The molecule has 4 nitrogen and oxygen atoms in total. The van der Waals surface area contributed by atoms with E-state index >= 15 is 0 Å². The summed E-state index contributed by atoms with van der Waals surface area (Å²) in [4.78, 5) is 0. The first-order chi connectivity index (χ1) is 9.76. The number of rotatable bonds is 6. The van der Waals surface area contributed by atoms with Crippen LogP contribution in [0.25, 0.3) is 0 Å². The van der Waals surface area contributed by atoms with E-state index in [2.05, 4.69) is 5.32 Å². The van der Waals surface area contributed by atoms with Crippen molar-refractivity contribution in [3.05, 3.63) is 48.0 Å². The molecule has 2 aromatic rings. The first kappa shape index (κ1) is 14.1. The largest absolute Gasteiger partial charge is 0.497 e. The van der Waals surface area contributed by atoms with Gasteiger partial charge in [0.2, 0.25) is 0 Å². The zero-order valence-corrected chi connectivity index (χ0v) is 12.0. The fraction of sp³-hybridized carbons (Fsp3) is 0.250. The molecule has 0 aliphatic heterocycles. The average Bonchev–Trinajstić information content (AvgIpc) is 2.53. The highest BCUT2D eigenvalue weighted by Crippen LogP contribution is 2.30. The molecule has 0 aromatic heterocycles. The van der Waals surface area contributed by atoms with Gasteiger partial charge in [0, 0.05) is 18.8 Å². The second-order valence-electron chi connectivity index (χ2n) is 4.25. The van der Waals surface area contributed by atoms with Crippen molar-refractivity contribution in [1.29, 1.82) is 0 Å². The second kappa shape index (κ2) is 6.70. The number of nitrogens with one attached hydrogen (secondary N) is 1. The Labute approximate surface area is 119 Å². The van der Waals surface area contributed by atoms with Crippen LogP contribution in [0.4, 0.5) is 5.69 Å². The molecular formula is C16H19NO3. The van der Waals surface area contributed by atoms with Crippen molar-refractivity contribution >= 4 is 5.69 Å². The van der Waals surface area contributed by atoms with Crippen LogP contribution in [-0.4, -0.2) is 21.3 Å². The fourth-order valence-electron chi connectivity index (χ4n) is 1.83. The Balaban J connectivity index is 2.05. The number of methoxy groups -OCH3 is 2. The predicted molar refractivity (Wildman–Crippen MR) is 79.9 cm³/mol. The van der Waals surface area contributed by atoms with Gasteiger partial charge >= 0.3 is 0 Å². The van der Waals surface area contributed by atoms with Crippen LogP contribution in [0.3, 0.4) is 0 Å². The summed E-state index contributed by atoms with van der Waals surface area (Å²) in [6.45, 7) is 0.485. The third kappa shape index (κ3) is 3.35. The molecule has 0 atom stereocenters. The summed E-state index contributed by atoms with van der Waals surface area (Å²) in [5.41, 5.74) is 2.06. The molecule has 20 heavy (non-hydrogen) atoms. The van der Waals surface area contributed by atoms with Crippen LogP contribution in [0.5, 0.6) is 17.2 Å². The topological polar surface area (TPSA) is 39.7 Å². The molecule has 0 saturated carbocycles. The van der Waals surface area contributed by atoms with E-state index in [1.165, 1.54) is 0 Å². The van der Waals surface area contributed by atoms with Gasteiger partial charge in [-0.3, -0.25) is 0 Å². The molecule has 4 heteroatoms. The molecule has 1 N–H and O–H groups in total. The van der Waals surface area contributed by atoms with E-state index in [9.17, 15) is 0 Å². The van der Waals surface area contributed by atoms with E-state index < -0.39 is 0 Å². The third-order valence-corrected chi connectivity index (χ3v) is 3.01. The quantitative estimate of drug-likeness (QED) is 0.876. The van der Waals surface area contributed by atoms with Gasteiger partial charge in [0.25, 0.3) is 0 Å². The van der Waals surface area contributed by atoms with Crippen molar-refractivity contribution in [3.8, 4) is 17.2 Å². The Morgan fingerprint density at radius 3 is 2.25 bits per heavy atom. The van der Waals surface area contributed by atoms with Gasteiger partial charge in [-0.25, -0.2) is 0 Å². The van der Waals surface area contributed by atoms with Crippen LogP contribution in [0, 0.1) is 0 Å². The van der Waals surface area contributed by atoms with Crippen LogP contribution < -0.4 is 19.5 Å². The second-order valence-corrected chi connectivity index (χ2v) is 4.25. The van der Waals surface area contributed by atoms with Crippen LogP contribution in [0.2, 0.25) is 0 Å². The predicted octanol–water partition coefficient (Wildman–Crippen LogP) is 3.32. The molecular weight excluding hydrogens is 254 g/mol. The van der Waals surface area contributed by atoms with Gasteiger partial charge in [-0.1, -0.05) is 12.1 Å². The number of benzene rings is 2. The van der Waals surface area contributed by atoms with Crippen molar-refractivity contribution in [2.45, 2.75) is 6.61 Å². The molecule has 0 saturated heterocycles. The van der Waals surface area contributed by atoms with Gasteiger partial charge in [0.05, 0.1) is 14.2 Å². The Bertz CT molecular complexity index is 552. The normalized spacial score (nSPS) is 9.95. The lowest BCUT2D eigenvalue weighted by Crippen LogP contribution is -1.98. The van der Waals surface area contributed by atoms with Gasteiger partial charge in [-0.15, -0.1) is 0 Å². The molecule has 0 aliphatic rings. The standard InChI is InChI=1S/C16H19NO3/c1-17-13-6-9-15(16(10-13)19-3)20-11-12-4-7-14(18-2)8-5-12/h4-10,17H,11H2,1-3H3. The lowest BCUT2D eigenvalue weighted by atomic mass is 10.2. The summed E-state index contributed by atoms with van der Waals surface area (Å²) in [5.74, 6) is 2.28. The number of hydrogen-bond acceptors (Lipinski definition) is 4. The monoisotopic (exact) mass is 273 g/mol. The van der Waals surface area contributed by atoms with Crippen molar-refractivity contribution < 1.29 is 14.2 Å². The first-order valence-electron chi connectivity index (χ1n) is 6.38. The van der Waals surface area contributed by atoms with Crippen molar-refractivity contribution in [2.24, 2.45) is 0 Å². The highest BCUT2D eigenvalue weighted by Gasteiger charge is 2.05. The Hall–Kier alpha value is -2.36. The lowest BCUT2D eigenvalue weighted by molar-refractivity contribution is 0.284. The summed E-state index contributed by atoms with van der Waals surface area (Å²) >= 11 is 0. The summed E-state index contributed by atoms with van der Waals surface area (Å²) in [6.07, 6.45) is 0. The number of ether oxygens (including phenoxy) is 3. The molecule has 0 amide bonds. The van der Waals surface area contributed by atoms with Crippen LogP contribution >= 0.6 is 0 Å². The summed E-state index contributed by atoms with van der Waals surface area (Å²) in [5, 5.41) is 3.07. The maximum Gasteiger partial charge on any atom is 0.162 e. The smallest absolute Gasteiger partial charge is 0.162 e. The zero-order chi connectivity index (χ0) is 14.4. The van der Waals surface area contributed by atoms with E-state index in [1.807, 2.05) is 49.5 Å².